The highest BCUT2D eigenvalue weighted by molar-refractivity contribution is 5.99. The summed E-state index contributed by atoms with van der Waals surface area (Å²) in [6.07, 6.45) is 0.366. The molecular weight excluding hydrogens is 522 g/mol. The molecule has 3 unspecified atom stereocenters. The number of rotatable bonds is 11. The summed E-state index contributed by atoms with van der Waals surface area (Å²) in [5.74, 6) is -0.683. The largest absolute Gasteiger partial charge is 0.507 e. The van der Waals surface area contributed by atoms with E-state index in [-0.39, 0.29) is 17.2 Å². The van der Waals surface area contributed by atoms with Gasteiger partial charge in [-0.05, 0) is 83.7 Å². The van der Waals surface area contributed by atoms with Gasteiger partial charge >= 0.3 is 6.09 Å². The second-order valence-corrected chi connectivity index (χ2v) is 12.0. The molecule has 3 atom stereocenters. The first kappa shape index (κ1) is 33.5. The van der Waals surface area contributed by atoms with Gasteiger partial charge in [0.05, 0.1) is 7.11 Å². The van der Waals surface area contributed by atoms with Crippen LogP contribution in [-0.4, -0.2) is 52.2 Å². The van der Waals surface area contributed by atoms with Crippen LogP contribution in [0.2, 0.25) is 0 Å². The number of carbonyl (C=O) groups is 3. The van der Waals surface area contributed by atoms with Crippen LogP contribution in [0.25, 0.3) is 0 Å². The molecule has 0 aliphatic carbocycles. The number of phenols is 1. The number of methoxy groups -OCH3 is 1. The summed E-state index contributed by atoms with van der Waals surface area (Å²) >= 11 is 0. The van der Waals surface area contributed by atoms with E-state index in [0.717, 1.165) is 0 Å². The molecule has 0 saturated carbocycles. The quantitative estimate of drug-likeness (QED) is 0.290. The highest BCUT2D eigenvalue weighted by Crippen LogP contribution is 2.38. The van der Waals surface area contributed by atoms with Crippen LogP contribution < -0.4 is 15.4 Å². The summed E-state index contributed by atoms with van der Waals surface area (Å²) in [6.45, 7) is 16.4. The predicted molar refractivity (Wildman–Crippen MR) is 161 cm³/mol. The van der Waals surface area contributed by atoms with Crippen LogP contribution in [0.4, 0.5) is 10.5 Å². The highest BCUT2D eigenvalue weighted by atomic mass is 16.6. The average Bonchev–Trinajstić information content (AvgIpc) is 2.90. The van der Waals surface area contributed by atoms with Crippen molar-refractivity contribution in [2.24, 2.45) is 5.92 Å². The minimum atomic E-state index is -1.22. The van der Waals surface area contributed by atoms with E-state index in [1.165, 1.54) is 4.90 Å². The minimum Gasteiger partial charge on any atom is -0.507 e. The average molecular weight is 570 g/mol. The number of benzene rings is 2. The monoisotopic (exact) mass is 569 g/mol. The number of hydrogen-bond acceptors (Lipinski definition) is 6. The fraction of sp³-hybridized carbons (Fsp3) is 0.531. The second kappa shape index (κ2) is 13.7. The number of aromatic hydroxyl groups is 1. The number of nitrogens with zero attached hydrogens (tertiary/aromatic N) is 1. The number of anilines is 1. The third-order valence-electron chi connectivity index (χ3n) is 7.33. The molecule has 0 radical (unpaired) electrons. The number of amides is 3. The van der Waals surface area contributed by atoms with Crippen molar-refractivity contribution in [2.75, 3.05) is 12.4 Å². The van der Waals surface area contributed by atoms with Crippen molar-refractivity contribution >= 4 is 23.6 Å². The number of nitrogens with one attached hydrogen (secondary N) is 2. The summed E-state index contributed by atoms with van der Waals surface area (Å²) < 4.78 is 10.7. The van der Waals surface area contributed by atoms with Gasteiger partial charge in [0, 0.05) is 16.8 Å². The lowest BCUT2D eigenvalue weighted by molar-refractivity contribution is -0.148. The molecule has 2 rings (SSSR count). The third kappa shape index (κ3) is 8.62. The number of phenolic OH excluding ortho intramolecular Hbond substituents is 1. The lowest BCUT2D eigenvalue weighted by Gasteiger charge is -2.45. The molecule has 226 valence electrons. The van der Waals surface area contributed by atoms with Gasteiger partial charge in [-0.1, -0.05) is 45.4 Å². The molecule has 3 N–H and O–H groups in total. The zero-order valence-corrected chi connectivity index (χ0v) is 26.1. The summed E-state index contributed by atoms with van der Waals surface area (Å²) in [5.41, 5.74) is -0.261. The maximum Gasteiger partial charge on any atom is 0.408 e. The maximum absolute atomic E-state index is 14.6. The Morgan fingerprint density at radius 3 is 2.12 bits per heavy atom. The summed E-state index contributed by atoms with van der Waals surface area (Å²) in [5, 5.41) is 16.8. The Kier molecular flexibility index (Phi) is 11.2. The Bertz CT molecular complexity index is 1200. The van der Waals surface area contributed by atoms with Crippen molar-refractivity contribution < 1.29 is 29.0 Å². The van der Waals surface area contributed by atoms with Gasteiger partial charge < -0.3 is 30.1 Å². The SMILES string of the molecule is CCC(C)C(NC(=O)OC(C)(C)C)C(=O)N(C(C(=O)Nc1ccc(OC)cc1)c1cccc(C)c1O)C(C)(C)CC. The molecule has 0 heterocycles. The van der Waals surface area contributed by atoms with Crippen LogP contribution in [0.15, 0.2) is 42.5 Å². The molecule has 0 fully saturated rings. The van der Waals surface area contributed by atoms with Crippen molar-refractivity contribution in [3.63, 3.8) is 0 Å². The third-order valence-corrected chi connectivity index (χ3v) is 7.33. The first-order chi connectivity index (χ1) is 19.1. The highest BCUT2D eigenvalue weighted by Gasteiger charge is 2.45. The first-order valence-corrected chi connectivity index (χ1v) is 14.1. The Hall–Kier alpha value is -3.75. The Morgan fingerprint density at radius 2 is 1.61 bits per heavy atom. The summed E-state index contributed by atoms with van der Waals surface area (Å²) in [6, 6.07) is 9.77. The van der Waals surface area contributed by atoms with Crippen LogP contribution in [0.1, 0.15) is 85.4 Å². The molecule has 0 aliphatic rings. The van der Waals surface area contributed by atoms with E-state index in [4.69, 9.17) is 9.47 Å². The number of aryl methyl sites for hydroxylation is 1. The van der Waals surface area contributed by atoms with Gasteiger partial charge in [-0.15, -0.1) is 0 Å². The van der Waals surface area contributed by atoms with Crippen molar-refractivity contribution in [1.29, 1.82) is 0 Å². The maximum atomic E-state index is 14.6. The van der Waals surface area contributed by atoms with Gasteiger partial charge in [0.25, 0.3) is 5.91 Å². The predicted octanol–water partition coefficient (Wildman–Crippen LogP) is 6.35. The summed E-state index contributed by atoms with van der Waals surface area (Å²) in [7, 11) is 1.56. The molecule has 9 nitrogen and oxygen atoms in total. The van der Waals surface area contributed by atoms with Crippen LogP contribution in [-0.2, 0) is 14.3 Å². The molecule has 3 amide bonds. The molecule has 0 spiro atoms. The Balaban J connectivity index is 2.70. The van der Waals surface area contributed by atoms with Gasteiger partial charge in [0.15, 0.2) is 0 Å². The molecule has 2 aromatic carbocycles. The molecule has 0 saturated heterocycles. The van der Waals surface area contributed by atoms with Gasteiger partial charge in [0.2, 0.25) is 5.91 Å². The fourth-order valence-corrected chi connectivity index (χ4v) is 4.40. The fourth-order valence-electron chi connectivity index (χ4n) is 4.40. The minimum absolute atomic E-state index is 0.0766. The smallest absolute Gasteiger partial charge is 0.408 e. The number of para-hydroxylation sites is 1. The topological polar surface area (TPSA) is 117 Å². The molecule has 0 bridgehead atoms. The zero-order valence-electron chi connectivity index (χ0n) is 26.1. The molecule has 41 heavy (non-hydrogen) atoms. The number of carbonyl (C=O) groups excluding carboxylic acids is 3. The van der Waals surface area contributed by atoms with Crippen molar-refractivity contribution in [2.45, 2.75) is 98.4 Å². The van der Waals surface area contributed by atoms with Crippen molar-refractivity contribution in [3.8, 4) is 11.5 Å². The van der Waals surface area contributed by atoms with Gasteiger partial charge in [-0.2, -0.15) is 0 Å². The van der Waals surface area contributed by atoms with Gasteiger partial charge in [-0.25, -0.2) is 4.79 Å². The molecule has 2 aromatic rings. The first-order valence-electron chi connectivity index (χ1n) is 14.1. The van der Waals surface area contributed by atoms with Crippen LogP contribution in [0, 0.1) is 12.8 Å². The van der Waals surface area contributed by atoms with E-state index < -0.39 is 41.1 Å². The lowest BCUT2D eigenvalue weighted by Crippen LogP contribution is -2.60. The van der Waals surface area contributed by atoms with Crippen molar-refractivity contribution in [1.82, 2.24) is 10.2 Å². The van der Waals surface area contributed by atoms with Crippen LogP contribution in [0.5, 0.6) is 11.5 Å². The normalized spacial score (nSPS) is 13.9. The zero-order chi connectivity index (χ0) is 31.1. The Labute approximate surface area is 244 Å². The Morgan fingerprint density at radius 1 is 1.00 bits per heavy atom. The molecule has 0 aliphatic heterocycles. The number of alkyl carbamates (subject to hydrolysis) is 1. The standard InChI is InChI=1S/C32H47N3O6/c1-11-20(3)25(34-30(39)41-31(5,6)7)29(38)35(32(8,9)12-2)26(24-15-13-14-21(4)27(24)36)28(37)33-22-16-18-23(40-10)19-17-22/h13-20,25-26,36H,11-12H2,1-10H3,(H,33,37)(H,34,39). The lowest BCUT2D eigenvalue weighted by atomic mass is 9.88. The van der Waals surface area contributed by atoms with E-state index >= 15 is 0 Å². The van der Waals surface area contributed by atoms with Crippen LogP contribution in [0.3, 0.4) is 0 Å². The van der Waals surface area contributed by atoms with E-state index in [0.29, 0.717) is 29.8 Å². The number of hydrogen-bond donors (Lipinski definition) is 3. The van der Waals surface area contributed by atoms with E-state index in [9.17, 15) is 19.5 Å². The van der Waals surface area contributed by atoms with E-state index in [2.05, 4.69) is 10.6 Å². The molecule has 9 heteroatoms. The second-order valence-electron chi connectivity index (χ2n) is 12.0. The van der Waals surface area contributed by atoms with Gasteiger partial charge in [0.1, 0.15) is 29.2 Å². The molecular formula is C32H47N3O6. The number of ether oxygens (including phenoxy) is 2. The summed E-state index contributed by atoms with van der Waals surface area (Å²) in [4.78, 5) is 43.1. The van der Waals surface area contributed by atoms with Crippen molar-refractivity contribution in [3.05, 3.63) is 53.6 Å². The van der Waals surface area contributed by atoms with E-state index in [1.807, 2.05) is 34.6 Å². The van der Waals surface area contributed by atoms with Gasteiger partial charge in [-0.3, -0.25) is 9.59 Å². The van der Waals surface area contributed by atoms with Crippen LogP contribution >= 0.6 is 0 Å². The van der Waals surface area contributed by atoms with E-state index in [1.54, 1.807) is 77.3 Å². The molecule has 0 aromatic heterocycles.